The van der Waals surface area contributed by atoms with Gasteiger partial charge in [0.05, 0.1) is 17.8 Å². The highest BCUT2D eigenvalue weighted by atomic mass is 28.3. The van der Waals surface area contributed by atoms with Gasteiger partial charge in [-0.05, 0) is 61.6 Å². The van der Waals surface area contributed by atoms with Crippen LogP contribution < -0.4 is 20.8 Å². The van der Waals surface area contributed by atoms with Gasteiger partial charge in [0.2, 0.25) is 12.4 Å². The van der Waals surface area contributed by atoms with Gasteiger partial charge >= 0.3 is 0 Å². The predicted octanol–water partition coefficient (Wildman–Crippen LogP) is 3.40. The molecule has 0 radical (unpaired) electrons. The van der Waals surface area contributed by atoms with Gasteiger partial charge in [0, 0.05) is 37.8 Å². The Hall–Kier alpha value is -3.00. The van der Waals surface area contributed by atoms with Crippen molar-refractivity contribution in [3.05, 3.63) is 78.1 Å². The lowest BCUT2D eigenvalue weighted by Gasteiger charge is -2.13. The number of hydrogen-bond acceptors (Lipinski definition) is 5. The summed E-state index contributed by atoms with van der Waals surface area (Å²) >= 11 is 0. The van der Waals surface area contributed by atoms with E-state index in [0.717, 1.165) is 58.6 Å². The van der Waals surface area contributed by atoms with Gasteiger partial charge in [-0.15, -0.1) is 0 Å². The maximum absolute atomic E-state index is 6.07. The molecule has 0 amide bonds. The lowest BCUT2D eigenvalue weighted by atomic mass is 10.1. The van der Waals surface area contributed by atoms with E-state index in [1.165, 1.54) is 6.20 Å². The Labute approximate surface area is 197 Å². The van der Waals surface area contributed by atoms with Crippen molar-refractivity contribution in [3.8, 4) is 11.5 Å². The standard InChI is InChI=1S/C26H34N4O2Si/c1-28-18-22-8-5-21-17-24(11-12-26(21)30-22)32-23-9-6-20(7-10-23)25(13-14-27)29-19-31-15-16-33(2,3)4/h5-14,17,28H,15-16,18-19,27H2,1-4H3/p+1/b14-13-,29-25-. The summed E-state index contributed by atoms with van der Waals surface area (Å²) in [6, 6.07) is 19.1. The Bertz CT molecular complexity index is 1110. The summed E-state index contributed by atoms with van der Waals surface area (Å²) < 4.78 is 11.8. The van der Waals surface area contributed by atoms with E-state index in [-0.39, 0.29) is 0 Å². The number of nitrogens with zero attached hydrogens (tertiary/aromatic N) is 1. The molecule has 3 rings (SSSR count). The van der Waals surface area contributed by atoms with E-state index in [2.05, 4.69) is 41.0 Å². The van der Waals surface area contributed by atoms with Crippen LogP contribution in [0.25, 0.3) is 10.9 Å². The van der Waals surface area contributed by atoms with Crippen molar-refractivity contribution in [1.29, 1.82) is 0 Å². The minimum Gasteiger partial charge on any atom is -0.457 e. The van der Waals surface area contributed by atoms with Crippen LogP contribution in [0, 0.1) is 0 Å². The van der Waals surface area contributed by atoms with Crippen molar-refractivity contribution in [1.82, 2.24) is 10.3 Å². The van der Waals surface area contributed by atoms with Crippen molar-refractivity contribution in [2.45, 2.75) is 32.2 Å². The van der Waals surface area contributed by atoms with Crippen molar-refractivity contribution in [2.75, 3.05) is 20.4 Å². The van der Waals surface area contributed by atoms with E-state index < -0.39 is 8.07 Å². The molecule has 1 aromatic heterocycles. The van der Waals surface area contributed by atoms with Crippen molar-refractivity contribution < 1.29 is 14.5 Å². The first-order valence-electron chi connectivity index (χ1n) is 11.3. The van der Waals surface area contributed by atoms with E-state index in [1.807, 2.05) is 61.7 Å². The molecule has 0 saturated heterocycles. The van der Waals surface area contributed by atoms with Crippen LogP contribution in [-0.2, 0) is 11.3 Å². The van der Waals surface area contributed by atoms with E-state index in [1.54, 1.807) is 0 Å². The summed E-state index contributed by atoms with van der Waals surface area (Å²) in [5.41, 5.74) is 9.54. The molecule has 0 fully saturated rings. The fraction of sp³-hybridized carbons (Fsp3) is 0.308. The molecule has 1 heterocycles. The monoisotopic (exact) mass is 463 g/mol. The number of nitrogens with two attached hydrogens (primary N) is 1. The molecule has 0 bridgehead atoms. The smallest absolute Gasteiger partial charge is 0.246 e. The summed E-state index contributed by atoms with van der Waals surface area (Å²) in [5, 5.41) is 4.17. The first-order chi connectivity index (χ1) is 15.9. The Balaban J connectivity index is 1.65. The van der Waals surface area contributed by atoms with Crippen LogP contribution >= 0.6 is 0 Å². The number of aromatic nitrogens is 1. The van der Waals surface area contributed by atoms with Gasteiger partial charge in [0.15, 0.2) is 0 Å². The Kier molecular flexibility index (Phi) is 8.77. The zero-order chi connectivity index (χ0) is 23.7. The number of hydrogen-bond donors (Lipinski definition) is 3. The maximum atomic E-state index is 6.07. The molecule has 4 N–H and O–H groups in total. The predicted molar refractivity (Wildman–Crippen MR) is 138 cm³/mol. The van der Waals surface area contributed by atoms with Gasteiger partial charge in [-0.2, -0.15) is 0 Å². The first-order valence-corrected chi connectivity index (χ1v) is 15.0. The van der Waals surface area contributed by atoms with E-state index in [4.69, 9.17) is 15.2 Å². The van der Waals surface area contributed by atoms with Crippen LogP contribution in [0.4, 0.5) is 0 Å². The molecule has 33 heavy (non-hydrogen) atoms. The van der Waals surface area contributed by atoms with E-state index in [9.17, 15) is 0 Å². The number of allylic oxidation sites excluding steroid dienone is 1. The van der Waals surface area contributed by atoms with E-state index >= 15 is 0 Å². The molecule has 0 spiro atoms. The normalized spacial score (nSPS) is 12.5. The zero-order valence-corrected chi connectivity index (χ0v) is 21.0. The van der Waals surface area contributed by atoms with Crippen molar-refractivity contribution in [2.24, 2.45) is 5.73 Å². The third kappa shape index (κ3) is 7.82. The van der Waals surface area contributed by atoms with E-state index in [0.29, 0.717) is 6.73 Å². The number of ether oxygens (including phenoxy) is 2. The zero-order valence-electron chi connectivity index (χ0n) is 20.0. The molecule has 6 nitrogen and oxygen atoms in total. The lowest BCUT2D eigenvalue weighted by molar-refractivity contribution is -0.506. The van der Waals surface area contributed by atoms with Crippen LogP contribution in [0.2, 0.25) is 25.7 Å². The molecular weight excluding hydrogens is 428 g/mol. The molecule has 0 aliphatic carbocycles. The lowest BCUT2D eigenvalue weighted by Crippen LogP contribution is -2.73. The summed E-state index contributed by atoms with van der Waals surface area (Å²) in [4.78, 5) is 7.97. The number of benzene rings is 2. The molecular formula is C26H35N4O2Si+. The fourth-order valence-corrected chi connectivity index (χ4v) is 4.02. The average Bonchev–Trinajstić information content (AvgIpc) is 2.78. The van der Waals surface area contributed by atoms with Crippen LogP contribution in [0.3, 0.4) is 0 Å². The maximum Gasteiger partial charge on any atom is 0.246 e. The first kappa shape index (κ1) is 24.6. The molecule has 3 aromatic rings. The number of rotatable bonds is 11. The van der Waals surface area contributed by atoms with Crippen molar-refractivity contribution >= 4 is 24.7 Å². The largest absolute Gasteiger partial charge is 0.457 e. The van der Waals surface area contributed by atoms with Gasteiger partial charge in [0.25, 0.3) is 0 Å². The molecule has 7 heteroatoms. The Morgan fingerprint density at radius 2 is 1.82 bits per heavy atom. The number of fused-ring (bicyclic) bond motifs is 1. The quantitative estimate of drug-likeness (QED) is 0.176. The van der Waals surface area contributed by atoms with Gasteiger partial charge in [-0.1, -0.05) is 25.7 Å². The minimum absolute atomic E-state index is 0.448. The second-order valence-corrected chi connectivity index (χ2v) is 14.7. The second kappa shape index (κ2) is 11.7. The number of pyridine rings is 1. The van der Waals surface area contributed by atoms with Gasteiger partial charge in [-0.25, -0.2) is 4.99 Å². The molecule has 0 unspecified atom stereocenters. The average molecular weight is 464 g/mol. The van der Waals surface area contributed by atoms with Crippen LogP contribution in [0.5, 0.6) is 11.5 Å². The molecule has 0 saturated carbocycles. The highest BCUT2D eigenvalue weighted by Crippen LogP contribution is 2.25. The molecule has 2 aromatic carbocycles. The van der Waals surface area contributed by atoms with Gasteiger partial charge < -0.3 is 20.5 Å². The summed E-state index contributed by atoms with van der Waals surface area (Å²) in [6.07, 6.45) is 3.37. The Morgan fingerprint density at radius 1 is 1.06 bits per heavy atom. The van der Waals surface area contributed by atoms with Gasteiger partial charge in [-0.3, -0.25) is 4.98 Å². The molecule has 0 atom stereocenters. The highest BCUT2D eigenvalue weighted by molar-refractivity contribution is 6.76. The topological polar surface area (TPSA) is 83.4 Å². The van der Waals surface area contributed by atoms with Crippen LogP contribution in [0.1, 0.15) is 11.3 Å². The van der Waals surface area contributed by atoms with Crippen molar-refractivity contribution in [3.63, 3.8) is 0 Å². The third-order valence-electron chi connectivity index (χ3n) is 5.10. The molecule has 0 aliphatic heterocycles. The fourth-order valence-electron chi connectivity index (χ4n) is 3.26. The number of nitrogens with one attached hydrogen (secondary N) is 2. The molecule has 0 aliphatic rings. The summed E-state index contributed by atoms with van der Waals surface area (Å²) in [6.45, 7) is 9.00. The molecule has 174 valence electrons. The summed E-state index contributed by atoms with van der Waals surface area (Å²) in [5.74, 6) is 1.54. The SMILES string of the molecule is CNCc1ccc2cc(Oc3ccc(C(/C=C\N)=[NH+]\COCC[Si](C)(C)C)cc3)ccc2n1. The Morgan fingerprint density at radius 3 is 2.52 bits per heavy atom. The van der Waals surface area contributed by atoms with Crippen LogP contribution in [0.15, 0.2) is 66.9 Å². The van der Waals surface area contributed by atoms with Gasteiger partial charge in [0.1, 0.15) is 11.5 Å². The second-order valence-electron chi connectivity index (χ2n) is 9.13. The van der Waals surface area contributed by atoms with Crippen LogP contribution in [-0.4, -0.2) is 39.2 Å². The highest BCUT2D eigenvalue weighted by Gasteiger charge is 2.12. The summed E-state index contributed by atoms with van der Waals surface area (Å²) in [7, 11) is 0.830. The third-order valence-corrected chi connectivity index (χ3v) is 6.81. The minimum atomic E-state index is -1.09.